The summed E-state index contributed by atoms with van der Waals surface area (Å²) in [6.07, 6.45) is 0.974. The first-order chi connectivity index (χ1) is 15.2. The van der Waals surface area contributed by atoms with Gasteiger partial charge in [0.25, 0.3) is 0 Å². The van der Waals surface area contributed by atoms with Crippen LogP contribution in [0.5, 0.6) is 0 Å². The molecule has 1 aliphatic rings. The molecule has 0 saturated carbocycles. The molecule has 0 spiro atoms. The summed E-state index contributed by atoms with van der Waals surface area (Å²) in [5.74, 6) is 1.37. The molecule has 7 nitrogen and oxygen atoms in total. The zero-order valence-electron chi connectivity index (χ0n) is 17.4. The summed E-state index contributed by atoms with van der Waals surface area (Å²) in [4.78, 5) is 24.0. The summed E-state index contributed by atoms with van der Waals surface area (Å²) in [6, 6.07) is 16.9. The molecule has 0 radical (unpaired) electrons. The van der Waals surface area contributed by atoms with Gasteiger partial charge in [0.05, 0.1) is 6.61 Å². The number of rotatable bonds is 7. The number of anilines is 1. The molecule has 0 amide bonds. The number of aliphatic hydroxyl groups is 1. The van der Waals surface area contributed by atoms with Crippen molar-refractivity contribution in [3.63, 3.8) is 0 Å². The maximum absolute atomic E-state index is 12.8. The minimum absolute atomic E-state index is 0.00234. The molecule has 0 aliphatic carbocycles. The van der Waals surface area contributed by atoms with E-state index in [9.17, 15) is 9.90 Å². The van der Waals surface area contributed by atoms with Crippen LogP contribution in [0.2, 0.25) is 0 Å². The minimum atomic E-state index is -0.0582. The monoisotopic (exact) mass is 435 g/mol. The third-order valence-corrected chi connectivity index (χ3v) is 5.89. The second-order valence-corrected chi connectivity index (χ2v) is 8.15. The second kappa shape index (κ2) is 9.80. The number of nitrogens with one attached hydrogen (secondary N) is 1. The summed E-state index contributed by atoms with van der Waals surface area (Å²) < 4.78 is 4.52. The molecule has 2 heterocycles. The first-order valence-corrected chi connectivity index (χ1v) is 11.1. The number of carbonyl (C=O) groups excluding carboxylic acids is 1. The van der Waals surface area contributed by atoms with Crippen molar-refractivity contribution in [2.24, 2.45) is 4.99 Å². The SMILES string of the molecule is CC(c1cccc(C(=O)c2ccccc2)c1)c1nsc(NC2=NCCCN2CCO)n1. The topological polar surface area (TPSA) is 90.7 Å². The van der Waals surface area contributed by atoms with Gasteiger partial charge in [-0.1, -0.05) is 55.5 Å². The Balaban J connectivity index is 1.49. The van der Waals surface area contributed by atoms with Crippen molar-refractivity contribution < 1.29 is 9.90 Å². The predicted octanol–water partition coefficient (Wildman–Crippen LogP) is 3.39. The van der Waals surface area contributed by atoms with Gasteiger partial charge in [-0.2, -0.15) is 4.37 Å². The van der Waals surface area contributed by atoms with Gasteiger partial charge in [-0.15, -0.1) is 0 Å². The van der Waals surface area contributed by atoms with E-state index in [1.54, 1.807) is 0 Å². The number of hydrogen-bond donors (Lipinski definition) is 2. The van der Waals surface area contributed by atoms with Crippen LogP contribution in [0.4, 0.5) is 5.13 Å². The van der Waals surface area contributed by atoms with Crippen LogP contribution in [-0.2, 0) is 0 Å². The molecule has 8 heteroatoms. The molecule has 0 fully saturated rings. The molecule has 1 unspecified atom stereocenters. The number of aliphatic hydroxyl groups excluding tert-OH is 1. The number of ketones is 1. The number of aromatic nitrogens is 2. The van der Waals surface area contributed by atoms with E-state index >= 15 is 0 Å². The molecular weight excluding hydrogens is 410 g/mol. The highest BCUT2D eigenvalue weighted by atomic mass is 32.1. The van der Waals surface area contributed by atoms with Crippen molar-refractivity contribution in [1.29, 1.82) is 0 Å². The number of hydrogen-bond acceptors (Lipinski definition) is 8. The van der Waals surface area contributed by atoms with Crippen LogP contribution < -0.4 is 5.32 Å². The van der Waals surface area contributed by atoms with E-state index in [0.29, 0.717) is 28.6 Å². The highest BCUT2D eigenvalue weighted by Gasteiger charge is 2.20. The molecule has 1 aliphatic heterocycles. The van der Waals surface area contributed by atoms with Gasteiger partial charge in [0.1, 0.15) is 0 Å². The van der Waals surface area contributed by atoms with Gasteiger partial charge >= 0.3 is 0 Å². The Morgan fingerprint density at radius 1 is 1.19 bits per heavy atom. The molecule has 0 bridgehead atoms. The average Bonchev–Trinajstić information content (AvgIpc) is 3.29. The van der Waals surface area contributed by atoms with Gasteiger partial charge in [0.2, 0.25) is 5.13 Å². The maximum Gasteiger partial charge on any atom is 0.209 e. The summed E-state index contributed by atoms with van der Waals surface area (Å²) >= 11 is 1.28. The van der Waals surface area contributed by atoms with E-state index in [-0.39, 0.29) is 18.3 Å². The Morgan fingerprint density at radius 2 is 2.00 bits per heavy atom. The maximum atomic E-state index is 12.8. The van der Waals surface area contributed by atoms with Gasteiger partial charge < -0.3 is 15.3 Å². The number of nitrogens with zero attached hydrogens (tertiary/aromatic N) is 4. The lowest BCUT2D eigenvalue weighted by Gasteiger charge is -2.28. The summed E-state index contributed by atoms with van der Waals surface area (Å²) in [5, 5.41) is 13.2. The quantitative estimate of drug-likeness (QED) is 0.553. The third kappa shape index (κ3) is 4.98. The van der Waals surface area contributed by atoms with Crippen LogP contribution in [-0.4, -0.2) is 57.3 Å². The third-order valence-electron chi connectivity index (χ3n) is 5.25. The number of aliphatic imine (C=N–C) groups is 1. The van der Waals surface area contributed by atoms with Crippen molar-refractivity contribution in [1.82, 2.24) is 14.3 Å². The minimum Gasteiger partial charge on any atom is -0.395 e. The summed E-state index contributed by atoms with van der Waals surface area (Å²) in [6.45, 7) is 4.27. The van der Waals surface area contributed by atoms with Crippen LogP contribution in [0.3, 0.4) is 0 Å². The van der Waals surface area contributed by atoms with E-state index in [1.807, 2.05) is 66.4 Å². The lowest BCUT2D eigenvalue weighted by atomic mass is 9.95. The molecule has 1 aromatic heterocycles. The van der Waals surface area contributed by atoms with Crippen LogP contribution in [0, 0.1) is 0 Å². The van der Waals surface area contributed by atoms with E-state index in [1.165, 1.54) is 11.5 Å². The molecule has 2 aromatic carbocycles. The molecule has 4 rings (SSSR count). The van der Waals surface area contributed by atoms with E-state index < -0.39 is 0 Å². The predicted molar refractivity (Wildman–Crippen MR) is 123 cm³/mol. The van der Waals surface area contributed by atoms with Crippen molar-refractivity contribution >= 4 is 28.4 Å². The summed E-state index contributed by atoms with van der Waals surface area (Å²) in [7, 11) is 0. The smallest absolute Gasteiger partial charge is 0.209 e. The lowest BCUT2D eigenvalue weighted by molar-refractivity contribution is 0.103. The van der Waals surface area contributed by atoms with Crippen LogP contribution >= 0.6 is 11.5 Å². The van der Waals surface area contributed by atoms with Crippen LogP contribution in [0.1, 0.15) is 46.6 Å². The van der Waals surface area contributed by atoms with Gasteiger partial charge in [-0.3, -0.25) is 9.79 Å². The fourth-order valence-corrected chi connectivity index (χ4v) is 4.17. The Labute approximate surface area is 185 Å². The van der Waals surface area contributed by atoms with Gasteiger partial charge in [-0.05, 0) is 18.1 Å². The van der Waals surface area contributed by atoms with E-state index in [4.69, 9.17) is 0 Å². The van der Waals surface area contributed by atoms with Gasteiger partial charge in [0, 0.05) is 48.2 Å². The highest BCUT2D eigenvalue weighted by molar-refractivity contribution is 7.09. The Morgan fingerprint density at radius 3 is 2.81 bits per heavy atom. The van der Waals surface area contributed by atoms with Gasteiger partial charge in [0.15, 0.2) is 17.6 Å². The van der Waals surface area contributed by atoms with Crippen molar-refractivity contribution in [2.75, 3.05) is 31.6 Å². The van der Waals surface area contributed by atoms with Crippen LogP contribution in [0.25, 0.3) is 0 Å². The zero-order chi connectivity index (χ0) is 21.6. The Bertz CT molecular complexity index is 1070. The highest BCUT2D eigenvalue weighted by Crippen LogP contribution is 2.26. The van der Waals surface area contributed by atoms with Crippen molar-refractivity contribution in [2.45, 2.75) is 19.3 Å². The van der Waals surface area contributed by atoms with Crippen molar-refractivity contribution in [3.8, 4) is 0 Å². The Hall–Kier alpha value is -3.10. The van der Waals surface area contributed by atoms with E-state index in [2.05, 4.69) is 19.7 Å². The Kier molecular flexibility index (Phi) is 6.69. The molecule has 0 saturated heterocycles. The van der Waals surface area contributed by atoms with E-state index in [0.717, 1.165) is 31.0 Å². The number of β-amino-alcohol motifs (C(OH)–C–C–N with tert-alkyl or cyclic N) is 1. The standard InChI is InChI=1S/C23H25N5O2S/c1-16(18-9-5-10-19(15-18)20(30)17-7-3-2-4-8-17)21-25-23(31-27-21)26-22-24-11-6-12-28(22)13-14-29/h2-5,7-10,15-16,29H,6,11-14H2,1H3,(H,24,25,26,27). The second-order valence-electron chi connectivity index (χ2n) is 7.39. The zero-order valence-corrected chi connectivity index (χ0v) is 18.2. The first-order valence-electron chi connectivity index (χ1n) is 10.4. The number of carbonyl (C=O) groups is 1. The fraction of sp³-hybridized carbons (Fsp3) is 0.304. The molecule has 160 valence electrons. The van der Waals surface area contributed by atoms with Gasteiger partial charge in [-0.25, -0.2) is 4.98 Å². The molecule has 2 N–H and O–H groups in total. The average molecular weight is 436 g/mol. The number of guanidine groups is 1. The summed E-state index contributed by atoms with van der Waals surface area (Å²) in [5.41, 5.74) is 2.31. The lowest BCUT2D eigenvalue weighted by Crippen LogP contribution is -2.41. The van der Waals surface area contributed by atoms with Crippen LogP contribution in [0.15, 0.2) is 59.6 Å². The van der Waals surface area contributed by atoms with Crippen molar-refractivity contribution in [3.05, 3.63) is 77.1 Å². The molecule has 31 heavy (non-hydrogen) atoms. The first kappa shape index (κ1) is 21.1. The normalized spacial score (nSPS) is 14.8. The molecular formula is C23H25N5O2S. The largest absolute Gasteiger partial charge is 0.395 e. The number of benzene rings is 2. The molecule has 1 atom stereocenters. The fourth-order valence-electron chi connectivity index (χ4n) is 3.52. The molecule has 3 aromatic rings.